The van der Waals surface area contributed by atoms with E-state index in [0.717, 1.165) is 56.2 Å². The zero-order valence-corrected chi connectivity index (χ0v) is 18.6. The number of guanidine groups is 1. The number of nitrogens with zero attached hydrogens (tertiary/aromatic N) is 2. The van der Waals surface area contributed by atoms with Crippen LogP contribution < -0.4 is 15.5 Å². The van der Waals surface area contributed by atoms with Crippen LogP contribution in [0.1, 0.15) is 12.8 Å². The van der Waals surface area contributed by atoms with Crippen LogP contribution in [0.2, 0.25) is 0 Å². The summed E-state index contributed by atoms with van der Waals surface area (Å²) in [6, 6.07) is 8.59. The van der Waals surface area contributed by atoms with Crippen LogP contribution in [0.25, 0.3) is 0 Å². The van der Waals surface area contributed by atoms with Crippen LogP contribution in [-0.4, -0.2) is 52.4 Å². The fraction of sp³-hybridized carbons (Fsp3) is 0.611. The van der Waals surface area contributed by atoms with Gasteiger partial charge in [0.1, 0.15) is 0 Å². The lowest BCUT2D eigenvalue weighted by atomic mass is 10.1. The van der Waals surface area contributed by atoms with Crippen molar-refractivity contribution in [1.29, 1.82) is 0 Å². The summed E-state index contributed by atoms with van der Waals surface area (Å²) < 4.78 is 6.55. The van der Waals surface area contributed by atoms with Gasteiger partial charge < -0.3 is 20.3 Å². The summed E-state index contributed by atoms with van der Waals surface area (Å²) in [5.74, 6) is 2.17. The second kappa shape index (κ2) is 10.6. The molecule has 2 fully saturated rings. The first kappa shape index (κ1) is 20.8. The molecule has 0 aliphatic carbocycles. The van der Waals surface area contributed by atoms with E-state index in [1.807, 2.05) is 7.05 Å². The summed E-state index contributed by atoms with van der Waals surface area (Å²) in [5, 5.41) is 6.90. The Morgan fingerprint density at radius 1 is 1.20 bits per heavy atom. The van der Waals surface area contributed by atoms with Crippen LogP contribution in [0.4, 0.5) is 5.69 Å². The summed E-state index contributed by atoms with van der Waals surface area (Å²) in [4.78, 5) is 6.79. The van der Waals surface area contributed by atoms with Crippen molar-refractivity contribution in [3.8, 4) is 0 Å². The van der Waals surface area contributed by atoms with Crippen molar-refractivity contribution in [2.24, 2.45) is 16.8 Å². The largest absolute Gasteiger partial charge is 0.381 e. The molecule has 0 bridgehead atoms. The number of hydrogen-bond donors (Lipinski definition) is 2. The molecule has 0 aromatic heterocycles. The van der Waals surface area contributed by atoms with Crippen LogP contribution >= 0.6 is 39.9 Å². The van der Waals surface area contributed by atoms with Crippen molar-refractivity contribution >= 4 is 51.6 Å². The second-order valence-corrected chi connectivity index (χ2v) is 7.56. The summed E-state index contributed by atoms with van der Waals surface area (Å²) in [6.07, 6.45) is 2.37. The number of halogens is 2. The Labute approximate surface area is 176 Å². The minimum atomic E-state index is 0. The molecule has 7 heteroatoms. The van der Waals surface area contributed by atoms with E-state index in [2.05, 4.69) is 60.7 Å². The van der Waals surface area contributed by atoms with Gasteiger partial charge in [0.2, 0.25) is 0 Å². The van der Waals surface area contributed by atoms with E-state index in [4.69, 9.17) is 4.74 Å². The van der Waals surface area contributed by atoms with Crippen LogP contribution in [0, 0.1) is 11.8 Å². The third-order valence-electron chi connectivity index (χ3n) is 4.84. The van der Waals surface area contributed by atoms with Gasteiger partial charge in [-0.1, -0.05) is 15.9 Å². The zero-order valence-electron chi connectivity index (χ0n) is 14.7. The Morgan fingerprint density at radius 3 is 2.56 bits per heavy atom. The van der Waals surface area contributed by atoms with E-state index in [1.165, 1.54) is 12.1 Å². The van der Waals surface area contributed by atoms with E-state index >= 15 is 0 Å². The lowest BCUT2D eigenvalue weighted by Crippen LogP contribution is -2.42. The predicted octanol–water partition coefficient (Wildman–Crippen LogP) is 3.09. The quantitative estimate of drug-likeness (QED) is 0.354. The number of aliphatic imine (C=N–C) groups is 1. The lowest BCUT2D eigenvalue weighted by Gasteiger charge is -2.20. The highest BCUT2D eigenvalue weighted by molar-refractivity contribution is 14.0. The molecule has 0 radical (unpaired) electrons. The number of anilines is 1. The summed E-state index contributed by atoms with van der Waals surface area (Å²) in [7, 11) is 1.84. The first-order valence-corrected chi connectivity index (χ1v) is 9.56. The van der Waals surface area contributed by atoms with Gasteiger partial charge in [0, 0.05) is 55.9 Å². The standard InChI is InChI=1S/C18H27BrN4O.HI/c1-20-18(22-11-15-7-9-24-13-15)21-10-14-6-8-23(12-14)17-4-2-16(19)3-5-17;/h2-5,14-15H,6-13H2,1H3,(H2,20,21,22);1H. The molecule has 0 amide bonds. The van der Waals surface area contributed by atoms with E-state index in [-0.39, 0.29) is 24.0 Å². The summed E-state index contributed by atoms with van der Waals surface area (Å²) in [5.41, 5.74) is 1.31. The molecule has 25 heavy (non-hydrogen) atoms. The van der Waals surface area contributed by atoms with Gasteiger partial charge in [-0.15, -0.1) is 24.0 Å². The van der Waals surface area contributed by atoms with Crippen LogP contribution in [0.3, 0.4) is 0 Å². The first-order chi connectivity index (χ1) is 11.7. The molecule has 2 unspecified atom stereocenters. The SMILES string of the molecule is CN=C(NCC1CCOC1)NCC1CCN(c2ccc(Br)cc2)C1.I. The molecular weight excluding hydrogens is 495 g/mol. The topological polar surface area (TPSA) is 48.9 Å². The van der Waals surface area contributed by atoms with Gasteiger partial charge in [-0.2, -0.15) is 0 Å². The van der Waals surface area contributed by atoms with E-state index in [9.17, 15) is 0 Å². The number of ether oxygens (including phenoxy) is 1. The maximum Gasteiger partial charge on any atom is 0.190 e. The number of rotatable bonds is 5. The fourth-order valence-electron chi connectivity index (χ4n) is 3.33. The summed E-state index contributed by atoms with van der Waals surface area (Å²) in [6.45, 7) is 5.89. The third-order valence-corrected chi connectivity index (χ3v) is 5.37. The monoisotopic (exact) mass is 522 g/mol. The minimum absolute atomic E-state index is 0. The minimum Gasteiger partial charge on any atom is -0.381 e. The van der Waals surface area contributed by atoms with Crippen molar-refractivity contribution < 1.29 is 4.74 Å². The Morgan fingerprint density at radius 2 is 1.92 bits per heavy atom. The average molecular weight is 523 g/mol. The van der Waals surface area contributed by atoms with Crippen molar-refractivity contribution in [2.75, 3.05) is 51.3 Å². The average Bonchev–Trinajstić information content (AvgIpc) is 3.27. The van der Waals surface area contributed by atoms with Crippen LogP contribution in [0.15, 0.2) is 33.7 Å². The Hall–Kier alpha value is -0.540. The van der Waals surface area contributed by atoms with Gasteiger partial charge >= 0.3 is 0 Å². The smallest absolute Gasteiger partial charge is 0.190 e. The highest BCUT2D eigenvalue weighted by atomic mass is 127. The van der Waals surface area contributed by atoms with Crippen LogP contribution in [0.5, 0.6) is 0 Å². The number of hydrogen-bond acceptors (Lipinski definition) is 3. The van der Waals surface area contributed by atoms with Crippen molar-refractivity contribution in [3.05, 3.63) is 28.7 Å². The van der Waals surface area contributed by atoms with E-state index in [1.54, 1.807) is 0 Å². The second-order valence-electron chi connectivity index (χ2n) is 6.64. The molecule has 2 aliphatic heterocycles. The molecule has 2 saturated heterocycles. The molecule has 2 N–H and O–H groups in total. The maximum absolute atomic E-state index is 5.42. The molecule has 3 rings (SSSR count). The van der Waals surface area contributed by atoms with Crippen molar-refractivity contribution in [3.63, 3.8) is 0 Å². The fourth-order valence-corrected chi connectivity index (χ4v) is 3.60. The Bertz CT molecular complexity index is 549. The van der Waals surface area contributed by atoms with Gasteiger partial charge in [-0.3, -0.25) is 4.99 Å². The zero-order chi connectivity index (χ0) is 16.8. The van der Waals surface area contributed by atoms with Crippen molar-refractivity contribution in [1.82, 2.24) is 10.6 Å². The molecule has 1 aromatic carbocycles. The molecule has 0 spiro atoms. The van der Waals surface area contributed by atoms with Crippen molar-refractivity contribution in [2.45, 2.75) is 12.8 Å². The molecule has 0 saturated carbocycles. The van der Waals surface area contributed by atoms with E-state index in [0.29, 0.717) is 11.8 Å². The molecule has 2 aliphatic rings. The maximum atomic E-state index is 5.42. The molecular formula is C18H28BrIN4O. The van der Waals surface area contributed by atoms with E-state index < -0.39 is 0 Å². The highest BCUT2D eigenvalue weighted by Crippen LogP contribution is 2.24. The van der Waals surface area contributed by atoms with Gasteiger partial charge in [-0.05, 0) is 43.0 Å². The number of nitrogens with one attached hydrogen (secondary N) is 2. The Kier molecular flexibility index (Phi) is 8.78. The van der Waals surface area contributed by atoms with Gasteiger partial charge in [0.15, 0.2) is 5.96 Å². The third kappa shape index (κ3) is 6.29. The molecule has 2 heterocycles. The normalized spacial score (nSPS) is 23.4. The summed E-state index contributed by atoms with van der Waals surface area (Å²) >= 11 is 3.50. The molecule has 2 atom stereocenters. The lowest BCUT2D eigenvalue weighted by molar-refractivity contribution is 0.186. The van der Waals surface area contributed by atoms with Gasteiger partial charge in [0.25, 0.3) is 0 Å². The molecule has 1 aromatic rings. The van der Waals surface area contributed by atoms with Gasteiger partial charge in [-0.25, -0.2) is 0 Å². The number of benzene rings is 1. The Balaban J connectivity index is 0.00000225. The predicted molar refractivity (Wildman–Crippen MR) is 118 cm³/mol. The molecule has 140 valence electrons. The van der Waals surface area contributed by atoms with Gasteiger partial charge in [0.05, 0.1) is 6.61 Å². The van der Waals surface area contributed by atoms with Crippen LogP contribution in [-0.2, 0) is 4.74 Å². The first-order valence-electron chi connectivity index (χ1n) is 8.77. The highest BCUT2D eigenvalue weighted by Gasteiger charge is 2.23. The molecule has 5 nitrogen and oxygen atoms in total.